The molecule has 7 rings (SSSR count). The van der Waals surface area contributed by atoms with Crippen LogP contribution in [0.2, 0.25) is 0 Å². The second-order valence-electron chi connectivity index (χ2n) is 11.9. The summed E-state index contributed by atoms with van der Waals surface area (Å²) in [5.74, 6) is 1.87. The smallest absolute Gasteiger partial charge is 0.274 e. The van der Waals surface area contributed by atoms with Crippen molar-refractivity contribution in [2.45, 2.75) is 25.3 Å². The molecule has 2 saturated heterocycles. The quantitative estimate of drug-likeness (QED) is 0.264. The summed E-state index contributed by atoms with van der Waals surface area (Å²) in [6, 6.07) is 19.0. The Bertz CT molecular complexity index is 1850. The molecule has 0 N–H and O–H groups in total. The average molecular weight is 617 g/mol. The van der Waals surface area contributed by atoms with Crippen LogP contribution in [-0.4, -0.2) is 94.9 Å². The highest BCUT2D eigenvalue weighted by Crippen LogP contribution is 2.35. The van der Waals surface area contributed by atoms with Crippen LogP contribution in [0.4, 0.5) is 0 Å². The van der Waals surface area contributed by atoms with Crippen molar-refractivity contribution >= 4 is 23.4 Å². The highest BCUT2D eigenvalue weighted by molar-refractivity contribution is 6.01. The van der Waals surface area contributed by atoms with Gasteiger partial charge < -0.3 is 19.3 Å². The van der Waals surface area contributed by atoms with Crippen LogP contribution in [0.1, 0.15) is 51.2 Å². The molecular weight excluding hydrogens is 580 g/mol. The third kappa shape index (κ3) is 5.59. The first kappa shape index (κ1) is 29.6. The molecule has 0 spiro atoms. The molecule has 2 amide bonds. The minimum absolute atomic E-state index is 0.0535. The lowest BCUT2D eigenvalue weighted by Gasteiger charge is -2.34. The number of benzene rings is 2. The number of carbonyl (C=O) groups is 2. The van der Waals surface area contributed by atoms with Gasteiger partial charge >= 0.3 is 0 Å². The number of hydrogen-bond acceptors (Lipinski definition) is 7. The fourth-order valence-corrected chi connectivity index (χ4v) is 6.67. The van der Waals surface area contributed by atoms with Crippen molar-refractivity contribution in [3.8, 4) is 29.0 Å². The number of methoxy groups -OCH3 is 1. The van der Waals surface area contributed by atoms with Crippen LogP contribution in [0.15, 0.2) is 66.9 Å². The maximum atomic E-state index is 13.7. The van der Waals surface area contributed by atoms with Crippen molar-refractivity contribution in [3.05, 3.63) is 89.3 Å². The largest absolute Gasteiger partial charge is 0.493 e. The summed E-state index contributed by atoms with van der Waals surface area (Å²) in [4.78, 5) is 37.8. The standard InChI is InChI=1S/C36H36N6O4/c1-45-31-23-29-27(12-13-28-6-4-16-41(28)35(29)43)22-32(31)46-21-5-14-39-17-19-40(20-18-39)36(44)33-30-7-2-3-15-42(30)34(38-33)26-10-8-25(24-37)9-11-26/h2-3,7-13,15,22-23,28H,4-6,14,16-21H2,1H3/t28-/m0/s1. The maximum absolute atomic E-state index is 13.7. The number of fused-ring (bicyclic) bond motifs is 3. The first-order valence-electron chi connectivity index (χ1n) is 15.9. The van der Waals surface area contributed by atoms with E-state index in [1.54, 1.807) is 19.2 Å². The van der Waals surface area contributed by atoms with E-state index in [1.807, 2.05) is 68.9 Å². The summed E-state index contributed by atoms with van der Waals surface area (Å²) in [6.07, 6.45) is 8.92. The number of hydrogen-bond donors (Lipinski definition) is 0. The summed E-state index contributed by atoms with van der Waals surface area (Å²) in [6.45, 7) is 4.93. The molecule has 234 valence electrons. The average Bonchev–Trinajstić information content (AvgIpc) is 3.71. The summed E-state index contributed by atoms with van der Waals surface area (Å²) >= 11 is 0. The van der Waals surface area contributed by atoms with Crippen LogP contribution in [0.25, 0.3) is 23.0 Å². The highest BCUT2D eigenvalue weighted by Gasteiger charge is 2.32. The summed E-state index contributed by atoms with van der Waals surface area (Å²) in [7, 11) is 1.60. The molecule has 0 unspecified atom stereocenters. The monoisotopic (exact) mass is 616 g/mol. The van der Waals surface area contributed by atoms with E-state index in [-0.39, 0.29) is 17.9 Å². The minimum Gasteiger partial charge on any atom is -0.493 e. The Balaban J connectivity index is 0.948. The van der Waals surface area contributed by atoms with Crippen LogP contribution in [-0.2, 0) is 0 Å². The molecule has 0 saturated carbocycles. The van der Waals surface area contributed by atoms with Gasteiger partial charge in [0.2, 0.25) is 0 Å². The number of piperazine rings is 1. The Labute approximate surface area is 268 Å². The molecule has 0 bridgehead atoms. The Kier molecular flexibility index (Phi) is 8.16. The van der Waals surface area contributed by atoms with Gasteiger partial charge in [-0.1, -0.05) is 18.2 Å². The first-order chi connectivity index (χ1) is 22.5. The second kappa shape index (κ2) is 12.7. The number of aromatic nitrogens is 2. The van der Waals surface area contributed by atoms with E-state index in [2.05, 4.69) is 17.0 Å². The number of imidazole rings is 1. The Hall–Kier alpha value is -5.14. The van der Waals surface area contributed by atoms with Gasteiger partial charge in [-0.2, -0.15) is 5.26 Å². The third-order valence-electron chi connectivity index (χ3n) is 9.18. The summed E-state index contributed by atoms with van der Waals surface area (Å²) in [5.41, 5.74) is 4.15. The molecule has 3 aliphatic heterocycles. The zero-order valence-corrected chi connectivity index (χ0v) is 25.9. The number of rotatable bonds is 8. The third-order valence-corrected chi connectivity index (χ3v) is 9.18. The fourth-order valence-electron chi connectivity index (χ4n) is 6.67. The van der Waals surface area contributed by atoms with Gasteiger partial charge in [0.1, 0.15) is 5.82 Å². The van der Waals surface area contributed by atoms with Crippen LogP contribution in [0, 0.1) is 11.3 Å². The summed E-state index contributed by atoms with van der Waals surface area (Å²) in [5, 5.41) is 9.16. The van der Waals surface area contributed by atoms with Gasteiger partial charge in [0, 0.05) is 51.0 Å². The van der Waals surface area contributed by atoms with Crippen molar-refractivity contribution in [2.24, 2.45) is 0 Å². The van der Waals surface area contributed by atoms with Crippen LogP contribution in [0.5, 0.6) is 11.5 Å². The van der Waals surface area contributed by atoms with Crippen molar-refractivity contribution in [1.29, 1.82) is 5.26 Å². The molecule has 0 radical (unpaired) electrons. The van der Waals surface area contributed by atoms with E-state index < -0.39 is 0 Å². The van der Waals surface area contributed by atoms with Gasteiger partial charge in [0.25, 0.3) is 11.8 Å². The molecule has 10 nitrogen and oxygen atoms in total. The van der Waals surface area contributed by atoms with Gasteiger partial charge in [0.15, 0.2) is 17.2 Å². The topological polar surface area (TPSA) is 103 Å². The van der Waals surface area contributed by atoms with Gasteiger partial charge in [-0.05, 0) is 73.4 Å². The van der Waals surface area contributed by atoms with E-state index in [1.165, 1.54) is 0 Å². The molecular formula is C36H36N6O4. The molecule has 0 aliphatic carbocycles. The lowest BCUT2D eigenvalue weighted by molar-refractivity contribution is 0.0627. The normalized spacial score (nSPS) is 17.8. The number of nitrogens with zero attached hydrogens (tertiary/aromatic N) is 6. The molecule has 2 fully saturated rings. The van der Waals surface area contributed by atoms with E-state index >= 15 is 0 Å². The second-order valence-corrected chi connectivity index (χ2v) is 11.9. The highest BCUT2D eigenvalue weighted by atomic mass is 16.5. The summed E-state index contributed by atoms with van der Waals surface area (Å²) < 4.78 is 13.7. The van der Waals surface area contributed by atoms with E-state index in [4.69, 9.17) is 19.7 Å². The number of nitriles is 1. The molecule has 2 aromatic carbocycles. The van der Waals surface area contributed by atoms with Crippen molar-refractivity contribution in [1.82, 2.24) is 24.1 Å². The molecule has 10 heteroatoms. The number of amides is 2. The van der Waals surface area contributed by atoms with Gasteiger partial charge in [-0.15, -0.1) is 0 Å². The SMILES string of the molecule is COc1cc2c(cc1OCCCN1CCN(C(=O)c3nc(-c4ccc(C#N)cc4)n4ccccc34)CC1)C=C[C@@H]1CCCN1C2=O. The molecule has 46 heavy (non-hydrogen) atoms. The van der Waals surface area contributed by atoms with Crippen LogP contribution >= 0.6 is 0 Å². The van der Waals surface area contributed by atoms with Crippen LogP contribution in [0.3, 0.4) is 0 Å². The Morgan fingerprint density at radius 1 is 1.04 bits per heavy atom. The Morgan fingerprint density at radius 2 is 1.87 bits per heavy atom. The Morgan fingerprint density at radius 3 is 2.65 bits per heavy atom. The molecule has 3 aliphatic rings. The molecule has 2 aromatic heterocycles. The maximum Gasteiger partial charge on any atom is 0.274 e. The van der Waals surface area contributed by atoms with E-state index in [9.17, 15) is 9.59 Å². The molecule has 4 aromatic rings. The van der Waals surface area contributed by atoms with Gasteiger partial charge in [0.05, 0.1) is 42.5 Å². The first-order valence-corrected chi connectivity index (χ1v) is 15.9. The van der Waals surface area contributed by atoms with Crippen molar-refractivity contribution in [3.63, 3.8) is 0 Å². The van der Waals surface area contributed by atoms with Gasteiger partial charge in [-0.25, -0.2) is 4.98 Å². The lowest BCUT2D eigenvalue weighted by atomic mass is 10.1. The zero-order valence-electron chi connectivity index (χ0n) is 25.9. The number of pyridine rings is 1. The van der Waals surface area contributed by atoms with Crippen LogP contribution < -0.4 is 9.47 Å². The van der Waals surface area contributed by atoms with E-state index in [0.717, 1.165) is 62.1 Å². The van der Waals surface area contributed by atoms with Gasteiger partial charge in [-0.3, -0.25) is 18.9 Å². The van der Waals surface area contributed by atoms with E-state index in [0.29, 0.717) is 53.8 Å². The van der Waals surface area contributed by atoms with Crippen molar-refractivity contribution < 1.29 is 19.1 Å². The molecule has 1 atom stereocenters. The minimum atomic E-state index is -0.0742. The lowest BCUT2D eigenvalue weighted by Crippen LogP contribution is -2.49. The van der Waals surface area contributed by atoms with Crippen molar-refractivity contribution in [2.75, 3.05) is 53.0 Å². The molecule has 5 heterocycles. The fraction of sp³-hybridized carbons (Fsp3) is 0.333. The number of carbonyl (C=O) groups excluding carboxylic acids is 2. The predicted octanol–water partition coefficient (Wildman–Crippen LogP) is 4.74. The number of ether oxygens (including phenoxy) is 2. The zero-order chi connectivity index (χ0) is 31.6. The predicted molar refractivity (Wildman–Crippen MR) is 174 cm³/mol.